The molecule has 20 heavy (non-hydrogen) atoms. The van der Waals surface area contributed by atoms with Crippen molar-refractivity contribution in [3.8, 4) is 0 Å². The number of anilines is 1. The van der Waals surface area contributed by atoms with Gasteiger partial charge in [-0.15, -0.1) is 0 Å². The monoisotopic (exact) mass is 269 g/mol. The summed E-state index contributed by atoms with van der Waals surface area (Å²) in [6.45, 7) is 0.703. The van der Waals surface area contributed by atoms with E-state index in [9.17, 15) is 4.79 Å². The molecule has 4 heteroatoms. The van der Waals surface area contributed by atoms with Gasteiger partial charge >= 0.3 is 0 Å². The van der Waals surface area contributed by atoms with Gasteiger partial charge in [-0.2, -0.15) is 0 Å². The molecule has 0 spiro atoms. The Morgan fingerprint density at radius 3 is 3.00 bits per heavy atom. The smallest absolute Gasteiger partial charge is 0.250 e. The fourth-order valence-corrected chi connectivity index (χ4v) is 2.64. The fourth-order valence-electron chi connectivity index (χ4n) is 2.64. The van der Waals surface area contributed by atoms with Gasteiger partial charge in [0, 0.05) is 31.5 Å². The third-order valence-corrected chi connectivity index (χ3v) is 3.81. The Morgan fingerprint density at radius 1 is 1.30 bits per heavy atom. The lowest BCUT2D eigenvalue weighted by atomic mass is 9.96. The third-order valence-electron chi connectivity index (χ3n) is 3.81. The van der Waals surface area contributed by atoms with Crippen LogP contribution in [0, 0.1) is 0 Å². The number of pyridine rings is 2. The van der Waals surface area contributed by atoms with Crippen LogP contribution in [0.3, 0.4) is 0 Å². The van der Waals surface area contributed by atoms with Gasteiger partial charge in [0.25, 0.3) is 0 Å². The van der Waals surface area contributed by atoms with Crippen LogP contribution in [0.4, 0.5) is 5.69 Å². The summed E-state index contributed by atoms with van der Waals surface area (Å²) in [6.07, 6.45) is 8.53. The van der Waals surface area contributed by atoms with Gasteiger partial charge in [-0.1, -0.05) is 6.07 Å². The molecule has 0 atom stereocenters. The number of hydrogen-bond acceptors (Lipinski definition) is 3. The highest BCUT2D eigenvalue weighted by Gasteiger charge is 2.10. The van der Waals surface area contributed by atoms with Gasteiger partial charge in [0.05, 0.1) is 11.9 Å². The second-order valence-corrected chi connectivity index (χ2v) is 5.38. The molecular weight excluding hydrogens is 250 g/mol. The van der Waals surface area contributed by atoms with Crippen molar-refractivity contribution >= 4 is 5.69 Å². The molecule has 1 N–H and O–H groups in total. The number of rotatable bonds is 3. The van der Waals surface area contributed by atoms with Crippen LogP contribution in [0.5, 0.6) is 0 Å². The first-order valence-corrected chi connectivity index (χ1v) is 7.09. The molecule has 2 heterocycles. The van der Waals surface area contributed by atoms with Crippen molar-refractivity contribution in [3.63, 3.8) is 0 Å². The summed E-state index contributed by atoms with van der Waals surface area (Å²) >= 11 is 0. The Hall–Kier alpha value is -2.10. The van der Waals surface area contributed by atoms with Crippen LogP contribution in [0.1, 0.15) is 29.7 Å². The molecule has 0 saturated carbocycles. The van der Waals surface area contributed by atoms with Crippen LogP contribution in [0.2, 0.25) is 0 Å². The van der Waals surface area contributed by atoms with Crippen molar-refractivity contribution in [2.24, 2.45) is 7.05 Å². The minimum Gasteiger partial charge on any atom is -0.380 e. The lowest BCUT2D eigenvalue weighted by Crippen LogP contribution is -2.16. The Bertz CT molecular complexity index is 676. The van der Waals surface area contributed by atoms with Crippen LogP contribution in [0.25, 0.3) is 0 Å². The lowest BCUT2D eigenvalue weighted by Gasteiger charge is -2.16. The van der Waals surface area contributed by atoms with Crippen LogP contribution in [0.15, 0.2) is 35.4 Å². The summed E-state index contributed by atoms with van der Waals surface area (Å²) in [5.41, 5.74) is 4.79. The maximum absolute atomic E-state index is 11.3. The molecule has 1 aliphatic carbocycles. The molecule has 1 aliphatic rings. The van der Waals surface area contributed by atoms with Gasteiger partial charge in [0.1, 0.15) is 0 Å². The molecule has 0 aromatic carbocycles. The number of aromatic nitrogens is 2. The first-order valence-electron chi connectivity index (χ1n) is 7.09. The molecule has 0 bridgehead atoms. The lowest BCUT2D eigenvalue weighted by molar-refractivity contribution is 0.668. The van der Waals surface area contributed by atoms with E-state index < -0.39 is 0 Å². The van der Waals surface area contributed by atoms with Crippen molar-refractivity contribution < 1.29 is 0 Å². The number of nitrogens with one attached hydrogen (secondary N) is 1. The Morgan fingerprint density at radius 2 is 2.15 bits per heavy atom. The zero-order chi connectivity index (χ0) is 13.9. The molecular formula is C16H19N3O. The summed E-state index contributed by atoms with van der Waals surface area (Å²) in [6, 6.07) is 5.67. The highest BCUT2D eigenvalue weighted by atomic mass is 16.1. The van der Waals surface area contributed by atoms with Gasteiger partial charge in [0.2, 0.25) is 5.56 Å². The number of nitrogens with zero attached hydrogens (tertiary/aromatic N) is 2. The highest BCUT2D eigenvalue weighted by molar-refractivity contribution is 5.46. The van der Waals surface area contributed by atoms with Crippen molar-refractivity contribution in [1.82, 2.24) is 9.55 Å². The average Bonchev–Trinajstić information content (AvgIpc) is 2.48. The number of aryl methyl sites for hydroxylation is 3. The van der Waals surface area contributed by atoms with E-state index in [1.807, 2.05) is 18.5 Å². The predicted octanol–water partition coefficient (Wildman–Crippen LogP) is 2.27. The van der Waals surface area contributed by atoms with Crippen LogP contribution >= 0.6 is 0 Å². The highest BCUT2D eigenvalue weighted by Crippen LogP contribution is 2.22. The molecule has 0 amide bonds. The van der Waals surface area contributed by atoms with Gasteiger partial charge in [-0.25, -0.2) is 0 Å². The van der Waals surface area contributed by atoms with Gasteiger partial charge < -0.3 is 9.88 Å². The number of hydrogen-bond donors (Lipinski definition) is 1. The van der Waals surface area contributed by atoms with Crippen molar-refractivity contribution in [2.75, 3.05) is 5.32 Å². The van der Waals surface area contributed by atoms with Crippen LogP contribution in [-0.4, -0.2) is 9.55 Å². The minimum atomic E-state index is 0.0178. The van der Waals surface area contributed by atoms with Crippen molar-refractivity contribution in [1.29, 1.82) is 0 Å². The third kappa shape index (κ3) is 2.74. The van der Waals surface area contributed by atoms with Gasteiger partial charge in [-0.05, 0) is 42.9 Å². The van der Waals surface area contributed by atoms with E-state index in [-0.39, 0.29) is 5.56 Å². The van der Waals surface area contributed by atoms with E-state index >= 15 is 0 Å². The molecule has 0 saturated heterocycles. The quantitative estimate of drug-likeness (QED) is 0.930. The van der Waals surface area contributed by atoms with Gasteiger partial charge in [-0.3, -0.25) is 9.78 Å². The van der Waals surface area contributed by atoms with Crippen molar-refractivity contribution in [3.05, 3.63) is 57.8 Å². The average molecular weight is 269 g/mol. The van der Waals surface area contributed by atoms with Gasteiger partial charge in [0.15, 0.2) is 0 Å². The summed E-state index contributed by atoms with van der Waals surface area (Å²) in [5.74, 6) is 0. The van der Waals surface area contributed by atoms with E-state index in [1.165, 1.54) is 24.1 Å². The SMILES string of the molecule is Cn1cc(CNc2cnc3c(c2)CCCC3)ccc1=O. The van der Waals surface area contributed by atoms with Crippen LogP contribution in [-0.2, 0) is 26.4 Å². The minimum absolute atomic E-state index is 0.0178. The summed E-state index contributed by atoms with van der Waals surface area (Å²) in [5, 5.41) is 3.38. The molecule has 2 aromatic rings. The summed E-state index contributed by atoms with van der Waals surface area (Å²) in [7, 11) is 1.77. The maximum Gasteiger partial charge on any atom is 0.250 e. The summed E-state index contributed by atoms with van der Waals surface area (Å²) < 4.78 is 1.60. The molecule has 2 aromatic heterocycles. The largest absolute Gasteiger partial charge is 0.380 e. The fraction of sp³-hybridized carbons (Fsp3) is 0.375. The first kappa shape index (κ1) is 12.9. The zero-order valence-corrected chi connectivity index (χ0v) is 11.7. The summed E-state index contributed by atoms with van der Waals surface area (Å²) in [4.78, 5) is 15.9. The van der Waals surface area contributed by atoms with E-state index in [1.54, 1.807) is 17.7 Å². The number of fused-ring (bicyclic) bond motifs is 1. The zero-order valence-electron chi connectivity index (χ0n) is 11.7. The second kappa shape index (κ2) is 5.49. The molecule has 104 valence electrons. The maximum atomic E-state index is 11.3. The Labute approximate surface area is 118 Å². The second-order valence-electron chi connectivity index (χ2n) is 5.38. The normalized spacial score (nSPS) is 13.8. The molecule has 3 rings (SSSR count). The van der Waals surface area contributed by atoms with Crippen molar-refractivity contribution in [2.45, 2.75) is 32.2 Å². The molecule has 0 aliphatic heterocycles. The Balaban J connectivity index is 1.71. The van der Waals surface area contributed by atoms with E-state index in [0.717, 1.165) is 24.1 Å². The molecule has 0 radical (unpaired) electrons. The predicted molar refractivity (Wildman–Crippen MR) is 79.9 cm³/mol. The van der Waals surface area contributed by atoms with Crippen LogP contribution < -0.4 is 10.9 Å². The van der Waals surface area contributed by atoms with E-state index in [4.69, 9.17) is 0 Å². The standard InChI is InChI=1S/C16H19N3O/c1-19-11-12(6-7-16(19)20)9-17-14-8-13-4-2-3-5-15(13)18-10-14/h6-8,10-11,17H,2-5,9H2,1H3. The molecule has 0 fully saturated rings. The topological polar surface area (TPSA) is 46.9 Å². The van der Waals surface area contributed by atoms with E-state index in [2.05, 4.69) is 16.4 Å². The first-order chi connectivity index (χ1) is 9.72. The molecule has 0 unspecified atom stereocenters. The molecule has 4 nitrogen and oxygen atoms in total. The Kier molecular flexibility index (Phi) is 3.54. The van der Waals surface area contributed by atoms with E-state index in [0.29, 0.717) is 6.54 Å².